The fourth-order valence-electron chi connectivity index (χ4n) is 2.96. The van der Waals surface area contributed by atoms with Crippen molar-refractivity contribution in [1.29, 1.82) is 0 Å². The minimum absolute atomic E-state index is 0.188. The van der Waals surface area contributed by atoms with E-state index >= 15 is 0 Å². The van der Waals surface area contributed by atoms with E-state index < -0.39 is 5.60 Å². The van der Waals surface area contributed by atoms with Crippen molar-refractivity contribution in [2.45, 2.75) is 44.9 Å². The number of hydrogen-bond donors (Lipinski definition) is 0. The number of anilines is 1. The molecule has 1 aromatic rings. The quantitative estimate of drug-likeness (QED) is 0.778. The number of piperidine rings is 1. The Morgan fingerprint density at radius 2 is 2.00 bits per heavy atom. The SMILES string of the molecule is CC(C)(C)OC(=O)N1C2CC1CN(c1ccc(Br)cn1)C2. The van der Waals surface area contributed by atoms with Crippen LogP contribution < -0.4 is 4.90 Å². The van der Waals surface area contributed by atoms with Crippen LogP contribution >= 0.6 is 15.9 Å². The predicted molar refractivity (Wildman–Crippen MR) is 84.4 cm³/mol. The van der Waals surface area contributed by atoms with Crippen molar-refractivity contribution < 1.29 is 9.53 Å². The van der Waals surface area contributed by atoms with E-state index in [-0.39, 0.29) is 18.2 Å². The van der Waals surface area contributed by atoms with Crippen molar-refractivity contribution in [1.82, 2.24) is 9.88 Å². The standard InChI is InChI=1S/C15H20BrN3O2/c1-15(2,3)21-14(20)19-11-6-12(19)9-18(8-11)13-5-4-10(16)7-17-13/h4-5,7,11-12H,6,8-9H2,1-3H3. The minimum atomic E-state index is -0.437. The van der Waals surface area contributed by atoms with Crippen LogP contribution in [0.4, 0.5) is 10.6 Å². The summed E-state index contributed by atoms with van der Waals surface area (Å²) in [5, 5.41) is 0. The molecule has 4 heterocycles. The topological polar surface area (TPSA) is 45.7 Å². The number of carbonyl (C=O) groups is 1. The number of rotatable bonds is 1. The lowest BCUT2D eigenvalue weighted by atomic mass is 9.88. The molecule has 5 nitrogen and oxygen atoms in total. The van der Waals surface area contributed by atoms with Gasteiger partial charge in [0.1, 0.15) is 11.4 Å². The van der Waals surface area contributed by atoms with E-state index in [9.17, 15) is 4.79 Å². The fraction of sp³-hybridized carbons (Fsp3) is 0.600. The molecule has 0 aromatic carbocycles. The largest absolute Gasteiger partial charge is 0.444 e. The van der Waals surface area contributed by atoms with Gasteiger partial charge in [0.15, 0.2) is 0 Å². The van der Waals surface area contributed by atoms with Gasteiger partial charge in [0, 0.05) is 23.8 Å². The second kappa shape index (κ2) is 5.16. The Morgan fingerprint density at radius 3 is 2.52 bits per heavy atom. The zero-order valence-corrected chi connectivity index (χ0v) is 14.1. The minimum Gasteiger partial charge on any atom is -0.444 e. The summed E-state index contributed by atoms with van der Waals surface area (Å²) >= 11 is 3.40. The van der Waals surface area contributed by atoms with Gasteiger partial charge in [-0.2, -0.15) is 0 Å². The Kier molecular flexibility index (Phi) is 3.59. The first-order valence-electron chi connectivity index (χ1n) is 7.21. The van der Waals surface area contributed by atoms with Crippen molar-refractivity contribution in [3.05, 3.63) is 22.8 Å². The van der Waals surface area contributed by atoms with Crippen LogP contribution in [-0.2, 0) is 4.74 Å². The van der Waals surface area contributed by atoms with Gasteiger partial charge in [-0.3, -0.25) is 4.90 Å². The molecular weight excluding hydrogens is 334 g/mol. The summed E-state index contributed by atoms with van der Waals surface area (Å²) in [6.07, 6.45) is 2.68. The van der Waals surface area contributed by atoms with Crippen LogP contribution in [0, 0.1) is 0 Å². The number of halogens is 1. The van der Waals surface area contributed by atoms with Crippen molar-refractivity contribution in [2.24, 2.45) is 0 Å². The average Bonchev–Trinajstić information content (AvgIpc) is 2.37. The van der Waals surface area contributed by atoms with Crippen LogP contribution in [0.1, 0.15) is 27.2 Å². The number of fused-ring (bicyclic) bond motifs is 2. The second-order valence-corrected chi connectivity index (χ2v) is 7.59. The van der Waals surface area contributed by atoms with Crippen molar-refractivity contribution in [3.8, 4) is 0 Å². The van der Waals surface area contributed by atoms with Gasteiger partial charge in [0.25, 0.3) is 0 Å². The molecule has 6 heteroatoms. The number of piperazine rings is 1. The molecule has 114 valence electrons. The van der Waals surface area contributed by atoms with E-state index in [1.165, 1.54) is 0 Å². The monoisotopic (exact) mass is 353 g/mol. The van der Waals surface area contributed by atoms with E-state index in [0.29, 0.717) is 0 Å². The molecule has 2 atom stereocenters. The molecule has 21 heavy (non-hydrogen) atoms. The van der Waals surface area contributed by atoms with Crippen LogP contribution in [0.2, 0.25) is 0 Å². The molecule has 3 aliphatic rings. The van der Waals surface area contributed by atoms with Gasteiger partial charge in [-0.25, -0.2) is 9.78 Å². The number of ether oxygens (including phenoxy) is 1. The van der Waals surface area contributed by atoms with Crippen LogP contribution in [0.5, 0.6) is 0 Å². The molecule has 2 unspecified atom stereocenters. The summed E-state index contributed by atoms with van der Waals surface area (Å²) in [6.45, 7) is 7.35. The van der Waals surface area contributed by atoms with Crippen molar-refractivity contribution in [2.75, 3.05) is 18.0 Å². The molecule has 2 bridgehead atoms. The molecule has 1 aromatic heterocycles. The summed E-state index contributed by atoms with van der Waals surface area (Å²) in [5.41, 5.74) is -0.437. The van der Waals surface area contributed by atoms with E-state index in [1.54, 1.807) is 6.20 Å². The number of nitrogens with zero attached hydrogens (tertiary/aromatic N) is 3. The highest BCUT2D eigenvalue weighted by Gasteiger charge is 2.48. The molecule has 0 N–H and O–H groups in total. The summed E-state index contributed by atoms with van der Waals surface area (Å²) in [6, 6.07) is 4.48. The van der Waals surface area contributed by atoms with Gasteiger partial charge in [0.2, 0.25) is 0 Å². The van der Waals surface area contributed by atoms with Crippen LogP contribution in [0.15, 0.2) is 22.8 Å². The Balaban J connectivity index is 1.64. The van der Waals surface area contributed by atoms with Crippen LogP contribution in [0.3, 0.4) is 0 Å². The highest BCUT2D eigenvalue weighted by atomic mass is 79.9. The Hall–Kier alpha value is -1.30. The number of hydrogen-bond acceptors (Lipinski definition) is 4. The lowest BCUT2D eigenvalue weighted by Gasteiger charge is -2.56. The third-order valence-corrected chi connectivity index (χ3v) is 4.30. The third-order valence-electron chi connectivity index (χ3n) is 3.83. The molecular formula is C15H20BrN3O2. The number of aromatic nitrogens is 1. The Morgan fingerprint density at radius 1 is 1.33 bits per heavy atom. The van der Waals surface area contributed by atoms with Gasteiger partial charge >= 0.3 is 6.09 Å². The lowest BCUT2D eigenvalue weighted by molar-refractivity contribution is -0.0380. The normalized spacial score (nSPS) is 24.6. The van der Waals surface area contributed by atoms with Gasteiger partial charge in [-0.15, -0.1) is 0 Å². The first kappa shape index (κ1) is 14.6. The fourth-order valence-corrected chi connectivity index (χ4v) is 3.20. The highest BCUT2D eigenvalue weighted by Crippen LogP contribution is 2.35. The van der Waals surface area contributed by atoms with Gasteiger partial charge in [-0.1, -0.05) is 0 Å². The zero-order chi connectivity index (χ0) is 15.2. The molecule has 3 fully saturated rings. The number of amides is 1. The summed E-state index contributed by atoms with van der Waals surface area (Å²) < 4.78 is 6.46. The molecule has 0 aliphatic carbocycles. The summed E-state index contributed by atoms with van der Waals surface area (Å²) in [5.74, 6) is 0.969. The zero-order valence-electron chi connectivity index (χ0n) is 12.5. The maximum absolute atomic E-state index is 12.2. The van der Waals surface area contributed by atoms with Crippen molar-refractivity contribution in [3.63, 3.8) is 0 Å². The van der Waals surface area contributed by atoms with Crippen molar-refractivity contribution >= 4 is 27.8 Å². The second-order valence-electron chi connectivity index (χ2n) is 6.67. The van der Waals surface area contributed by atoms with E-state index in [4.69, 9.17) is 4.74 Å². The molecule has 4 rings (SSSR count). The lowest BCUT2D eigenvalue weighted by Crippen LogP contribution is -2.70. The smallest absolute Gasteiger partial charge is 0.410 e. The molecule has 1 amide bonds. The maximum atomic E-state index is 12.2. The Bertz CT molecular complexity index is 529. The number of carbonyl (C=O) groups excluding carboxylic acids is 1. The molecule has 3 saturated heterocycles. The number of pyridine rings is 1. The van der Waals surface area contributed by atoms with Gasteiger partial charge < -0.3 is 9.64 Å². The summed E-state index contributed by atoms with van der Waals surface area (Å²) in [7, 11) is 0. The average molecular weight is 354 g/mol. The first-order valence-corrected chi connectivity index (χ1v) is 8.00. The van der Waals surface area contributed by atoms with Crippen LogP contribution in [0.25, 0.3) is 0 Å². The van der Waals surface area contributed by atoms with E-state index in [0.717, 1.165) is 29.8 Å². The molecule has 0 spiro atoms. The van der Waals surface area contributed by atoms with Crippen LogP contribution in [-0.4, -0.2) is 46.8 Å². The predicted octanol–water partition coefficient (Wildman–Crippen LogP) is 3.04. The van der Waals surface area contributed by atoms with E-state index in [1.807, 2.05) is 37.8 Å². The van der Waals surface area contributed by atoms with E-state index in [2.05, 4.69) is 25.8 Å². The highest BCUT2D eigenvalue weighted by molar-refractivity contribution is 9.10. The Labute approximate surface area is 133 Å². The van der Waals surface area contributed by atoms with Gasteiger partial charge in [0.05, 0.1) is 12.1 Å². The maximum Gasteiger partial charge on any atom is 0.410 e. The van der Waals surface area contributed by atoms with Gasteiger partial charge in [-0.05, 0) is 55.3 Å². The molecule has 0 radical (unpaired) electrons. The summed E-state index contributed by atoms with van der Waals surface area (Å²) in [4.78, 5) is 20.8. The molecule has 0 saturated carbocycles. The molecule has 3 aliphatic heterocycles. The third kappa shape index (κ3) is 3.00. The first-order chi connectivity index (χ1) is 9.83.